The normalized spacial score (nSPS) is 17.7. The van der Waals surface area contributed by atoms with Crippen LogP contribution >= 0.6 is 11.6 Å². The average molecular weight is 732 g/mol. The molecule has 2 amide bonds. The lowest BCUT2D eigenvalue weighted by Gasteiger charge is -2.35. The SMILES string of the molecule is COC(=O)c1ccc(C(F)(F)c2cc(Cl)nc(N3CCN(S(=O)(=O)c4ccc(N5CC(C=NC(=O)OC(C)(C)C)CC5=O)cc4)CC3)c2)cc1. The van der Waals surface area contributed by atoms with Gasteiger partial charge in [-0.2, -0.15) is 18.1 Å². The Balaban J connectivity index is 1.22. The number of amides is 2. The van der Waals surface area contributed by atoms with Gasteiger partial charge in [0.25, 0.3) is 5.92 Å². The number of benzene rings is 2. The molecule has 0 radical (unpaired) electrons. The predicted octanol–water partition coefficient (Wildman–Crippen LogP) is 5.53. The minimum atomic E-state index is -3.92. The summed E-state index contributed by atoms with van der Waals surface area (Å²) in [6, 6.07) is 13.0. The summed E-state index contributed by atoms with van der Waals surface area (Å²) >= 11 is 6.17. The Bertz CT molecular complexity index is 1890. The smallest absolute Gasteiger partial charge is 0.433 e. The third-order valence-corrected chi connectivity index (χ3v) is 10.2. The standard InChI is InChI=1S/C34H36ClF2N5O7S/c1-33(2,3)49-32(45)38-20-22-17-30(43)42(21-22)26-9-11-27(12-10-26)50(46,47)41-15-13-40(14-16-41)29-19-25(18-28(35)39-29)34(36,37)24-7-5-23(6-8-24)31(44)48-4/h5-12,18-20,22H,13-17,21H2,1-4H3. The number of sulfonamides is 1. The van der Waals surface area contributed by atoms with Gasteiger partial charge in [0.05, 0.1) is 17.6 Å². The highest BCUT2D eigenvalue weighted by Crippen LogP contribution is 2.38. The molecule has 3 aromatic rings. The van der Waals surface area contributed by atoms with Crippen LogP contribution in [0.1, 0.15) is 48.7 Å². The molecule has 266 valence electrons. The Labute approximate surface area is 293 Å². The van der Waals surface area contributed by atoms with Crippen molar-refractivity contribution in [2.45, 2.75) is 43.6 Å². The summed E-state index contributed by atoms with van der Waals surface area (Å²) in [4.78, 5) is 47.6. The second-order valence-corrected chi connectivity index (χ2v) is 15.1. The molecule has 2 aliphatic heterocycles. The van der Waals surface area contributed by atoms with Crippen LogP contribution in [0.2, 0.25) is 5.15 Å². The van der Waals surface area contributed by atoms with E-state index in [-0.39, 0.29) is 78.0 Å². The van der Waals surface area contributed by atoms with Crippen LogP contribution in [0.15, 0.2) is 70.6 Å². The van der Waals surface area contributed by atoms with Crippen LogP contribution in [-0.2, 0) is 30.2 Å². The number of aliphatic imine (C=N–C) groups is 1. The molecular formula is C34H36ClF2N5O7S. The molecule has 1 unspecified atom stereocenters. The Morgan fingerprint density at radius 3 is 2.22 bits per heavy atom. The zero-order valence-corrected chi connectivity index (χ0v) is 29.4. The fourth-order valence-corrected chi connectivity index (χ4v) is 7.20. The van der Waals surface area contributed by atoms with Gasteiger partial charge in [0.1, 0.15) is 16.6 Å². The first kappa shape index (κ1) is 36.8. The summed E-state index contributed by atoms with van der Waals surface area (Å²) in [5.41, 5.74) is -0.827. The minimum Gasteiger partial charge on any atom is -0.465 e. The zero-order chi connectivity index (χ0) is 36.4. The summed E-state index contributed by atoms with van der Waals surface area (Å²) in [6.07, 6.45) is 0.804. The number of ether oxygens (including phenoxy) is 2. The molecule has 0 N–H and O–H groups in total. The number of carbonyl (C=O) groups is 3. The summed E-state index contributed by atoms with van der Waals surface area (Å²) in [7, 11) is -2.72. The van der Waals surface area contributed by atoms with Crippen molar-refractivity contribution in [3.8, 4) is 0 Å². The molecule has 0 aliphatic carbocycles. The Kier molecular flexibility index (Phi) is 10.6. The number of hydrogen-bond acceptors (Lipinski definition) is 9. The first-order valence-corrected chi connectivity index (χ1v) is 17.5. The van der Waals surface area contributed by atoms with E-state index in [1.165, 1.54) is 52.9 Å². The van der Waals surface area contributed by atoms with Gasteiger partial charge in [-0.1, -0.05) is 23.7 Å². The van der Waals surface area contributed by atoms with Gasteiger partial charge in [0.2, 0.25) is 15.9 Å². The number of aromatic nitrogens is 1. The third kappa shape index (κ3) is 8.28. The van der Waals surface area contributed by atoms with E-state index in [4.69, 9.17) is 16.3 Å². The molecule has 2 aliphatic rings. The first-order valence-electron chi connectivity index (χ1n) is 15.7. The van der Waals surface area contributed by atoms with Gasteiger partial charge in [-0.3, -0.25) is 4.79 Å². The fourth-order valence-electron chi connectivity index (χ4n) is 5.57. The molecule has 16 heteroatoms. The monoisotopic (exact) mass is 731 g/mol. The van der Waals surface area contributed by atoms with E-state index in [0.29, 0.717) is 5.69 Å². The molecule has 1 atom stereocenters. The Hall–Kier alpha value is -4.47. The van der Waals surface area contributed by atoms with Gasteiger partial charge in [0.15, 0.2) is 0 Å². The van der Waals surface area contributed by atoms with E-state index >= 15 is 8.78 Å². The van der Waals surface area contributed by atoms with Gasteiger partial charge in [-0.15, -0.1) is 0 Å². The van der Waals surface area contributed by atoms with Crippen LogP contribution in [0, 0.1) is 5.92 Å². The van der Waals surface area contributed by atoms with Crippen LogP contribution in [0.3, 0.4) is 0 Å². The number of halogens is 3. The second-order valence-electron chi connectivity index (χ2n) is 12.8. The van der Waals surface area contributed by atoms with Crippen LogP contribution < -0.4 is 9.80 Å². The maximum absolute atomic E-state index is 15.6. The minimum absolute atomic E-state index is 0.0328. The van der Waals surface area contributed by atoms with Crippen molar-refractivity contribution in [1.29, 1.82) is 0 Å². The largest absolute Gasteiger partial charge is 0.465 e. The molecule has 2 fully saturated rings. The lowest BCUT2D eigenvalue weighted by molar-refractivity contribution is -0.117. The van der Waals surface area contributed by atoms with Crippen LogP contribution in [0.4, 0.5) is 25.1 Å². The van der Waals surface area contributed by atoms with Crippen molar-refractivity contribution in [3.05, 3.63) is 82.5 Å². The number of hydrogen-bond donors (Lipinski definition) is 0. The number of carbonyl (C=O) groups excluding carboxylic acids is 3. The van der Waals surface area contributed by atoms with E-state index in [1.807, 2.05) is 0 Å². The van der Waals surface area contributed by atoms with Gasteiger partial charge in [-0.05, 0) is 69.3 Å². The van der Waals surface area contributed by atoms with E-state index in [0.717, 1.165) is 18.2 Å². The van der Waals surface area contributed by atoms with Crippen molar-refractivity contribution < 1.29 is 41.1 Å². The molecule has 0 saturated carbocycles. The third-order valence-electron chi connectivity index (χ3n) is 8.10. The molecule has 50 heavy (non-hydrogen) atoms. The highest BCUT2D eigenvalue weighted by molar-refractivity contribution is 7.89. The predicted molar refractivity (Wildman–Crippen MR) is 183 cm³/mol. The number of nitrogens with zero attached hydrogens (tertiary/aromatic N) is 5. The van der Waals surface area contributed by atoms with Crippen molar-refractivity contribution in [2.75, 3.05) is 49.6 Å². The number of pyridine rings is 1. The van der Waals surface area contributed by atoms with Crippen molar-refractivity contribution >= 4 is 57.3 Å². The molecule has 3 heterocycles. The van der Waals surface area contributed by atoms with Gasteiger partial charge < -0.3 is 19.3 Å². The number of piperazine rings is 1. The fraction of sp³-hybridized carbons (Fsp3) is 0.382. The molecule has 0 spiro atoms. The maximum Gasteiger partial charge on any atom is 0.433 e. The number of esters is 1. The van der Waals surface area contributed by atoms with Gasteiger partial charge in [0, 0.05) is 68.1 Å². The molecule has 2 saturated heterocycles. The molecule has 2 aromatic carbocycles. The quantitative estimate of drug-likeness (QED) is 0.166. The van der Waals surface area contributed by atoms with Crippen molar-refractivity contribution in [1.82, 2.24) is 9.29 Å². The van der Waals surface area contributed by atoms with E-state index in [9.17, 15) is 22.8 Å². The summed E-state index contributed by atoms with van der Waals surface area (Å²) in [6.45, 7) is 5.89. The second kappa shape index (κ2) is 14.4. The maximum atomic E-state index is 15.6. The van der Waals surface area contributed by atoms with Crippen LogP contribution in [-0.4, -0.2) is 87.3 Å². The number of rotatable bonds is 8. The number of methoxy groups -OCH3 is 1. The number of anilines is 2. The highest BCUT2D eigenvalue weighted by Gasteiger charge is 2.37. The molecule has 1 aromatic heterocycles. The van der Waals surface area contributed by atoms with E-state index < -0.39 is 39.2 Å². The van der Waals surface area contributed by atoms with Gasteiger partial charge >= 0.3 is 12.1 Å². The molecular weight excluding hydrogens is 696 g/mol. The summed E-state index contributed by atoms with van der Waals surface area (Å²) in [5, 5.41) is -0.156. The van der Waals surface area contributed by atoms with Crippen molar-refractivity contribution in [3.63, 3.8) is 0 Å². The highest BCUT2D eigenvalue weighted by atomic mass is 35.5. The van der Waals surface area contributed by atoms with Crippen molar-refractivity contribution in [2.24, 2.45) is 10.9 Å². The first-order chi connectivity index (χ1) is 23.5. The van der Waals surface area contributed by atoms with E-state index in [2.05, 4.69) is 14.7 Å². The zero-order valence-electron chi connectivity index (χ0n) is 27.8. The Morgan fingerprint density at radius 2 is 1.62 bits per heavy atom. The number of alkyl halides is 2. The Morgan fingerprint density at radius 1 is 0.980 bits per heavy atom. The molecule has 0 bridgehead atoms. The van der Waals surface area contributed by atoms with Gasteiger partial charge in [-0.25, -0.2) is 23.0 Å². The van der Waals surface area contributed by atoms with Crippen LogP contribution in [0.5, 0.6) is 0 Å². The molecule has 5 rings (SSSR count). The van der Waals surface area contributed by atoms with Crippen LogP contribution in [0.25, 0.3) is 0 Å². The van der Waals surface area contributed by atoms with E-state index in [1.54, 1.807) is 37.8 Å². The summed E-state index contributed by atoms with van der Waals surface area (Å²) < 4.78 is 69.2. The molecule has 12 nitrogen and oxygen atoms in total. The topological polar surface area (TPSA) is 139 Å². The lowest BCUT2D eigenvalue weighted by atomic mass is 9.99. The lowest BCUT2D eigenvalue weighted by Crippen LogP contribution is -2.49. The average Bonchev–Trinajstić information content (AvgIpc) is 3.46. The summed E-state index contributed by atoms with van der Waals surface area (Å²) in [5.74, 6) is -4.45.